The van der Waals surface area contributed by atoms with Crippen LogP contribution in [0.15, 0.2) is 24.3 Å². The van der Waals surface area contributed by atoms with E-state index in [2.05, 4.69) is 0 Å². The SMILES string of the molecule is C[C@H](Cc1cccc(C(F)(F)F)c1)C(=O)N1CCO[C@H](C(=O)O)C1. The van der Waals surface area contributed by atoms with E-state index in [9.17, 15) is 22.8 Å². The Kier molecular flexibility index (Phi) is 5.48. The van der Waals surface area contributed by atoms with Gasteiger partial charge in [0.05, 0.1) is 18.7 Å². The van der Waals surface area contributed by atoms with Gasteiger partial charge in [0.1, 0.15) is 0 Å². The number of nitrogens with zero attached hydrogens (tertiary/aromatic N) is 1. The molecule has 1 aliphatic rings. The van der Waals surface area contributed by atoms with Crippen molar-refractivity contribution in [3.63, 3.8) is 0 Å². The Labute approximate surface area is 137 Å². The van der Waals surface area contributed by atoms with Crippen LogP contribution in [-0.4, -0.2) is 47.7 Å². The van der Waals surface area contributed by atoms with E-state index < -0.39 is 29.7 Å². The first-order valence-corrected chi connectivity index (χ1v) is 7.48. The van der Waals surface area contributed by atoms with Gasteiger partial charge in [-0.2, -0.15) is 13.2 Å². The molecule has 1 amide bonds. The van der Waals surface area contributed by atoms with Gasteiger partial charge in [0.15, 0.2) is 6.10 Å². The van der Waals surface area contributed by atoms with E-state index in [1.807, 2.05) is 0 Å². The zero-order valence-corrected chi connectivity index (χ0v) is 13.0. The van der Waals surface area contributed by atoms with Gasteiger partial charge in [0.25, 0.3) is 0 Å². The molecule has 1 fully saturated rings. The molecule has 0 spiro atoms. The lowest BCUT2D eigenvalue weighted by atomic mass is 9.98. The molecule has 5 nitrogen and oxygen atoms in total. The molecule has 1 heterocycles. The number of benzene rings is 1. The molecule has 132 valence electrons. The zero-order valence-electron chi connectivity index (χ0n) is 13.0. The molecule has 0 aromatic heterocycles. The number of rotatable bonds is 4. The number of ether oxygens (including phenoxy) is 1. The van der Waals surface area contributed by atoms with Crippen molar-refractivity contribution in [2.45, 2.75) is 25.6 Å². The summed E-state index contributed by atoms with van der Waals surface area (Å²) >= 11 is 0. The van der Waals surface area contributed by atoms with Crippen LogP contribution < -0.4 is 0 Å². The van der Waals surface area contributed by atoms with Crippen LogP contribution in [0.25, 0.3) is 0 Å². The lowest BCUT2D eigenvalue weighted by molar-refractivity contribution is -0.160. The summed E-state index contributed by atoms with van der Waals surface area (Å²) in [6.07, 6.45) is -5.34. The van der Waals surface area contributed by atoms with Crippen molar-refractivity contribution >= 4 is 11.9 Å². The van der Waals surface area contributed by atoms with E-state index in [1.54, 1.807) is 13.0 Å². The van der Waals surface area contributed by atoms with Crippen molar-refractivity contribution in [3.8, 4) is 0 Å². The summed E-state index contributed by atoms with van der Waals surface area (Å²) in [6.45, 7) is 1.96. The first kappa shape index (κ1) is 18.3. The average molecular weight is 345 g/mol. The van der Waals surface area contributed by atoms with Crippen LogP contribution in [0, 0.1) is 5.92 Å². The highest BCUT2D eigenvalue weighted by Crippen LogP contribution is 2.30. The fourth-order valence-corrected chi connectivity index (χ4v) is 2.63. The fraction of sp³-hybridized carbons (Fsp3) is 0.500. The lowest BCUT2D eigenvalue weighted by Crippen LogP contribution is -2.50. The summed E-state index contributed by atoms with van der Waals surface area (Å²) in [5.74, 6) is -1.99. The Hall–Kier alpha value is -2.09. The van der Waals surface area contributed by atoms with Crippen LogP contribution in [0.3, 0.4) is 0 Å². The maximum Gasteiger partial charge on any atom is 0.416 e. The predicted octanol–water partition coefficient (Wildman–Crippen LogP) is 2.20. The standard InChI is InChI=1S/C16H18F3NO4/c1-10(7-11-3-2-4-12(8-11)16(17,18)19)14(21)20-5-6-24-13(9-20)15(22)23/h2-4,8,10,13H,5-7,9H2,1H3,(H,22,23)/t10-,13+/m1/s1. The normalized spacial score (nSPS) is 19.8. The third-order valence-corrected chi connectivity index (χ3v) is 3.87. The molecular weight excluding hydrogens is 327 g/mol. The van der Waals surface area contributed by atoms with E-state index in [4.69, 9.17) is 9.84 Å². The number of carbonyl (C=O) groups is 2. The average Bonchev–Trinajstić information content (AvgIpc) is 2.53. The van der Waals surface area contributed by atoms with Gasteiger partial charge in [0.2, 0.25) is 5.91 Å². The van der Waals surface area contributed by atoms with Crippen LogP contribution in [-0.2, 0) is 26.9 Å². The second kappa shape index (κ2) is 7.21. The summed E-state index contributed by atoms with van der Waals surface area (Å²) in [4.78, 5) is 24.7. The molecule has 1 N–H and O–H groups in total. The lowest BCUT2D eigenvalue weighted by Gasteiger charge is -2.32. The molecule has 0 bridgehead atoms. The molecule has 2 rings (SSSR count). The summed E-state index contributed by atoms with van der Waals surface area (Å²) in [5, 5.41) is 8.95. The van der Waals surface area contributed by atoms with Gasteiger partial charge in [-0.3, -0.25) is 4.79 Å². The van der Waals surface area contributed by atoms with Gasteiger partial charge in [-0.25, -0.2) is 4.79 Å². The topological polar surface area (TPSA) is 66.8 Å². The van der Waals surface area contributed by atoms with Crippen LogP contribution in [0.4, 0.5) is 13.2 Å². The maximum atomic E-state index is 12.7. The Balaban J connectivity index is 2.02. The minimum absolute atomic E-state index is 0.0545. The second-order valence-electron chi connectivity index (χ2n) is 5.79. The van der Waals surface area contributed by atoms with E-state index in [0.29, 0.717) is 5.56 Å². The van der Waals surface area contributed by atoms with E-state index in [-0.39, 0.29) is 32.0 Å². The molecule has 0 radical (unpaired) electrons. The van der Waals surface area contributed by atoms with Crippen molar-refractivity contribution in [3.05, 3.63) is 35.4 Å². The number of hydrogen-bond acceptors (Lipinski definition) is 3. The Bertz CT molecular complexity index is 618. The number of morpholine rings is 1. The summed E-state index contributed by atoms with van der Waals surface area (Å²) in [6, 6.07) is 4.86. The van der Waals surface area contributed by atoms with Crippen LogP contribution in [0.2, 0.25) is 0 Å². The fourth-order valence-electron chi connectivity index (χ4n) is 2.63. The van der Waals surface area contributed by atoms with Gasteiger partial charge < -0.3 is 14.7 Å². The Morgan fingerprint density at radius 1 is 1.42 bits per heavy atom. The largest absolute Gasteiger partial charge is 0.479 e. The van der Waals surface area contributed by atoms with Gasteiger partial charge in [-0.1, -0.05) is 25.1 Å². The number of aliphatic carboxylic acids is 1. The Morgan fingerprint density at radius 2 is 2.12 bits per heavy atom. The maximum absolute atomic E-state index is 12.7. The molecule has 8 heteroatoms. The van der Waals surface area contributed by atoms with E-state index in [1.165, 1.54) is 11.0 Å². The number of alkyl halides is 3. The first-order chi connectivity index (χ1) is 11.2. The van der Waals surface area contributed by atoms with Crippen molar-refractivity contribution in [2.75, 3.05) is 19.7 Å². The second-order valence-corrected chi connectivity index (χ2v) is 5.79. The number of hydrogen-bond donors (Lipinski definition) is 1. The molecule has 1 saturated heterocycles. The molecular formula is C16H18F3NO4. The minimum atomic E-state index is -4.43. The molecule has 0 unspecified atom stereocenters. The summed E-state index contributed by atoms with van der Waals surface area (Å²) in [7, 11) is 0. The molecule has 24 heavy (non-hydrogen) atoms. The van der Waals surface area contributed by atoms with Crippen molar-refractivity contribution in [1.82, 2.24) is 4.90 Å². The molecule has 0 aliphatic carbocycles. The van der Waals surface area contributed by atoms with Crippen LogP contribution in [0.5, 0.6) is 0 Å². The quantitative estimate of drug-likeness (QED) is 0.908. The number of carboxylic acids is 1. The van der Waals surface area contributed by atoms with Crippen molar-refractivity contribution < 1.29 is 32.6 Å². The molecule has 1 aromatic carbocycles. The monoisotopic (exact) mass is 345 g/mol. The van der Waals surface area contributed by atoms with Crippen molar-refractivity contribution in [1.29, 1.82) is 0 Å². The highest BCUT2D eigenvalue weighted by molar-refractivity contribution is 5.80. The van der Waals surface area contributed by atoms with E-state index >= 15 is 0 Å². The third-order valence-electron chi connectivity index (χ3n) is 3.87. The van der Waals surface area contributed by atoms with Crippen LogP contribution in [0.1, 0.15) is 18.1 Å². The van der Waals surface area contributed by atoms with Gasteiger partial charge >= 0.3 is 12.1 Å². The Morgan fingerprint density at radius 3 is 2.75 bits per heavy atom. The van der Waals surface area contributed by atoms with Gasteiger partial charge in [0, 0.05) is 12.5 Å². The zero-order chi connectivity index (χ0) is 17.9. The number of carbonyl (C=O) groups excluding carboxylic acids is 1. The van der Waals surface area contributed by atoms with Crippen molar-refractivity contribution in [2.24, 2.45) is 5.92 Å². The predicted molar refractivity (Wildman–Crippen MR) is 78.3 cm³/mol. The minimum Gasteiger partial charge on any atom is -0.479 e. The van der Waals surface area contributed by atoms with Crippen LogP contribution >= 0.6 is 0 Å². The number of amides is 1. The summed E-state index contributed by atoms with van der Waals surface area (Å²) in [5.41, 5.74) is -0.342. The third kappa shape index (κ3) is 4.47. The highest BCUT2D eigenvalue weighted by atomic mass is 19.4. The van der Waals surface area contributed by atoms with Gasteiger partial charge in [-0.15, -0.1) is 0 Å². The number of carboxylic acid groups (broad SMARTS) is 1. The van der Waals surface area contributed by atoms with E-state index in [0.717, 1.165) is 12.1 Å². The molecule has 1 aliphatic heterocycles. The molecule has 1 aromatic rings. The highest BCUT2D eigenvalue weighted by Gasteiger charge is 2.32. The smallest absolute Gasteiger partial charge is 0.416 e. The van der Waals surface area contributed by atoms with Gasteiger partial charge in [-0.05, 0) is 18.1 Å². The summed E-state index contributed by atoms with van der Waals surface area (Å²) < 4.78 is 43.2. The number of halogens is 3. The molecule has 2 atom stereocenters. The first-order valence-electron chi connectivity index (χ1n) is 7.48. The molecule has 0 saturated carbocycles.